The zero-order chi connectivity index (χ0) is 18.0. The third-order valence-corrected chi connectivity index (χ3v) is 3.46. The van der Waals surface area contributed by atoms with E-state index in [1.807, 2.05) is 0 Å². The molecule has 0 aliphatic rings. The number of aliphatic hydroxyl groups is 1. The second-order valence-electron chi connectivity index (χ2n) is 5.30. The Morgan fingerprint density at radius 2 is 2.08 bits per heavy atom. The number of benzene rings is 1. The average Bonchev–Trinajstić information content (AvgIpc) is 2.90. The smallest absolute Gasteiger partial charge is 0.374 e. The summed E-state index contributed by atoms with van der Waals surface area (Å²) >= 11 is 0. The molecular formula is C15H15F4N3O2. The summed E-state index contributed by atoms with van der Waals surface area (Å²) in [6.45, 7) is -0.162. The summed E-state index contributed by atoms with van der Waals surface area (Å²) in [5.41, 5.74) is -3.03. The first-order chi connectivity index (χ1) is 11.1. The maximum Gasteiger partial charge on any atom is 0.425 e. The highest BCUT2D eigenvalue weighted by Gasteiger charge is 2.58. The summed E-state index contributed by atoms with van der Waals surface area (Å²) in [7, 11) is 1.28. The number of carbonyl (C=O) groups excluding carboxylic acids is 1. The van der Waals surface area contributed by atoms with Crippen LogP contribution in [0.5, 0.6) is 0 Å². The molecule has 0 aliphatic heterocycles. The number of hydrogen-bond acceptors (Lipinski definition) is 3. The Labute approximate surface area is 134 Å². The van der Waals surface area contributed by atoms with Crippen molar-refractivity contribution in [2.24, 2.45) is 7.05 Å². The van der Waals surface area contributed by atoms with Gasteiger partial charge < -0.3 is 15.0 Å². The maximum absolute atomic E-state index is 13.3. The SMILES string of the molecule is Cn1ccnc1C(O)(CC(=O)NCc1cccc(F)c1)C(F)(F)F. The first-order valence-corrected chi connectivity index (χ1v) is 6.91. The molecule has 9 heteroatoms. The Hall–Kier alpha value is -2.42. The molecular weight excluding hydrogens is 330 g/mol. The van der Waals surface area contributed by atoms with E-state index >= 15 is 0 Å². The fourth-order valence-corrected chi connectivity index (χ4v) is 2.21. The van der Waals surface area contributed by atoms with Crippen LogP contribution >= 0.6 is 0 Å². The zero-order valence-electron chi connectivity index (χ0n) is 12.6. The van der Waals surface area contributed by atoms with Crippen molar-refractivity contribution in [3.8, 4) is 0 Å². The van der Waals surface area contributed by atoms with Crippen molar-refractivity contribution in [2.75, 3.05) is 0 Å². The molecule has 0 aliphatic carbocycles. The molecule has 0 bridgehead atoms. The number of carbonyl (C=O) groups is 1. The lowest BCUT2D eigenvalue weighted by Gasteiger charge is -2.29. The van der Waals surface area contributed by atoms with Crippen LogP contribution in [0.15, 0.2) is 36.7 Å². The highest BCUT2D eigenvalue weighted by Crippen LogP contribution is 2.40. The predicted octanol–water partition coefficient (Wildman–Crippen LogP) is 2.02. The van der Waals surface area contributed by atoms with Crippen molar-refractivity contribution in [1.82, 2.24) is 14.9 Å². The van der Waals surface area contributed by atoms with Gasteiger partial charge in [-0.2, -0.15) is 13.2 Å². The number of rotatable bonds is 5. The molecule has 5 nitrogen and oxygen atoms in total. The van der Waals surface area contributed by atoms with Crippen molar-refractivity contribution < 1.29 is 27.5 Å². The number of imidazole rings is 1. The van der Waals surface area contributed by atoms with E-state index in [4.69, 9.17) is 0 Å². The molecule has 1 heterocycles. The molecule has 1 aromatic carbocycles. The van der Waals surface area contributed by atoms with Gasteiger partial charge in [-0.05, 0) is 17.7 Å². The third-order valence-electron chi connectivity index (χ3n) is 3.46. The van der Waals surface area contributed by atoms with Crippen LogP contribution < -0.4 is 5.32 Å². The Morgan fingerprint density at radius 1 is 1.38 bits per heavy atom. The largest absolute Gasteiger partial charge is 0.425 e. The second-order valence-corrected chi connectivity index (χ2v) is 5.30. The van der Waals surface area contributed by atoms with Gasteiger partial charge in [-0.15, -0.1) is 0 Å². The van der Waals surface area contributed by atoms with Gasteiger partial charge in [-0.1, -0.05) is 12.1 Å². The van der Waals surface area contributed by atoms with Gasteiger partial charge in [-0.3, -0.25) is 4.79 Å². The second kappa shape index (κ2) is 6.60. The molecule has 0 fully saturated rings. The number of aromatic nitrogens is 2. The van der Waals surface area contributed by atoms with Gasteiger partial charge in [-0.25, -0.2) is 9.37 Å². The van der Waals surface area contributed by atoms with Gasteiger partial charge in [0.2, 0.25) is 11.5 Å². The lowest BCUT2D eigenvalue weighted by atomic mass is 9.97. The Bertz CT molecular complexity index is 730. The van der Waals surface area contributed by atoms with Gasteiger partial charge >= 0.3 is 6.18 Å². The monoisotopic (exact) mass is 345 g/mol. The minimum absolute atomic E-state index is 0.162. The molecule has 1 amide bonds. The lowest BCUT2D eigenvalue weighted by Crippen LogP contribution is -2.47. The summed E-state index contributed by atoms with van der Waals surface area (Å²) in [4.78, 5) is 15.4. The fraction of sp³-hybridized carbons (Fsp3) is 0.333. The molecule has 0 saturated heterocycles. The van der Waals surface area contributed by atoms with E-state index in [-0.39, 0.29) is 6.54 Å². The van der Waals surface area contributed by atoms with Crippen molar-refractivity contribution in [1.29, 1.82) is 0 Å². The molecule has 24 heavy (non-hydrogen) atoms. The normalized spacial score (nSPS) is 14.2. The molecule has 1 aromatic heterocycles. The van der Waals surface area contributed by atoms with E-state index in [9.17, 15) is 27.5 Å². The molecule has 2 aromatic rings. The van der Waals surface area contributed by atoms with Crippen LogP contribution in [-0.4, -0.2) is 26.7 Å². The molecule has 2 rings (SSSR count). The summed E-state index contributed by atoms with van der Waals surface area (Å²) < 4.78 is 53.9. The van der Waals surface area contributed by atoms with Gasteiger partial charge in [0, 0.05) is 26.0 Å². The molecule has 130 valence electrons. The number of nitrogens with one attached hydrogen (secondary N) is 1. The maximum atomic E-state index is 13.3. The van der Waals surface area contributed by atoms with Gasteiger partial charge in [0.05, 0.1) is 6.42 Å². The van der Waals surface area contributed by atoms with Gasteiger partial charge in [0.15, 0.2) is 5.82 Å². The van der Waals surface area contributed by atoms with Crippen LogP contribution in [0.4, 0.5) is 17.6 Å². The van der Waals surface area contributed by atoms with Crippen LogP contribution in [0, 0.1) is 5.82 Å². The molecule has 1 unspecified atom stereocenters. The summed E-state index contributed by atoms with van der Waals surface area (Å²) in [5, 5.41) is 12.3. The van der Waals surface area contributed by atoms with E-state index < -0.39 is 35.7 Å². The standard InChI is InChI=1S/C15H15F4N3O2/c1-22-6-5-20-13(22)14(24,15(17,18)19)8-12(23)21-9-10-3-2-4-11(16)7-10/h2-7,24H,8-9H2,1H3,(H,21,23). The van der Waals surface area contributed by atoms with Crippen molar-refractivity contribution >= 4 is 5.91 Å². The summed E-state index contributed by atoms with van der Waals surface area (Å²) in [6.07, 6.45) is -4.02. The quantitative estimate of drug-likeness (QED) is 0.815. The number of halogens is 4. The van der Waals surface area contributed by atoms with E-state index in [2.05, 4.69) is 10.3 Å². The minimum atomic E-state index is -5.09. The van der Waals surface area contributed by atoms with Crippen LogP contribution in [-0.2, 0) is 24.0 Å². The minimum Gasteiger partial charge on any atom is -0.374 e. The van der Waals surface area contributed by atoms with Crippen LogP contribution in [0.25, 0.3) is 0 Å². The zero-order valence-corrected chi connectivity index (χ0v) is 12.6. The van der Waals surface area contributed by atoms with Crippen LogP contribution in [0.2, 0.25) is 0 Å². The summed E-state index contributed by atoms with van der Waals surface area (Å²) in [6, 6.07) is 5.28. The molecule has 0 radical (unpaired) electrons. The highest BCUT2D eigenvalue weighted by molar-refractivity contribution is 5.77. The summed E-state index contributed by atoms with van der Waals surface area (Å²) in [5.74, 6) is -2.25. The van der Waals surface area contributed by atoms with E-state index in [1.54, 1.807) is 0 Å². The van der Waals surface area contributed by atoms with Crippen LogP contribution in [0.1, 0.15) is 17.8 Å². The number of aryl methyl sites for hydroxylation is 1. The Kier molecular flexibility index (Phi) is 4.93. The molecule has 1 atom stereocenters. The van der Waals surface area contributed by atoms with Crippen molar-refractivity contribution in [2.45, 2.75) is 24.7 Å². The fourth-order valence-electron chi connectivity index (χ4n) is 2.21. The number of hydrogen-bond donors (Lipinski definition) is 2. The Morgan fingerprint density at radius 3 is 2.62 bits per heavy atom. The van der Waals surface area contributed by atoms with Crippen molar-refractivity contribution in [3.63, 3.8) is 0 Å². The topological polar surface area (TPSA) is 67.1 Å². The number of alkyl halides is 3. The number of amides is 1. The molecule has 0 spiro atoms. The number of nitrogens with zero attached hydrogens (tertiary/aromatic N) is 2. The van der Waals surface area contributed by atoms with E-state index in [1.165, 1.54) is 31.4 Å². The Balaban J connectivity index is 2.13. The third kappa shape index (κ3) is 3.73. The van der Waals surface area contributed by atoms with E-state index in [0.717, 1.165) is 16.8 Å². The molecule has 0 saturated carbocycles. The predicted molar refractivity (Wildman–Crippen MR) is 76.0 cm³/mol. The van der Waals surface area contributed by atoms with Gasteiger partial charge in [0.1, 0.15) is 5.82 Å². The lowest BCUT2D eigenvalue weighted by molar-refractivity contribution is -0.271. The van der Waals surface area contributed by atoms with E-state index in [0.29, 0.717) is 5.56 Å². The first-order valence-electron chi connectivity index (χ1n) is 6.91. The van der Waals surface area contributed by atoms with Crippen LogP contribution in [0.3, 0.4) is 0 Å². The average molecular weight is 345 g/mol. The molecule has 2 N–H and O–H groups in total. The van der Waals surface area contributed by atoms with Gasteiger partial charge in [0.25, 0.3) is 0 Å². The first kappa shape index (κ1) is 17.9. The van der Waals surface area contributed by atoms with Crippen molar-refractivity contribution in [3.05, 3.63) is 53.9 Å². The highest BCUT2D eigenvalue weighted by atomic mass is 19.4.